The average molecular weight is 251 g/mol. The van der Waals surface area contributed by atoms with E-state index in [9.17, 15) is 9.59 Å². The van der Waals surface area contributed by atoms with Crippen molar-refractivity contribution in [3.05, 3.63) is 24.3 Å². The average Bonchev–Trinajstić information content (AvgIpc) is 2.31. The lowest BCUT2D eigenvalue weighted by Gasteiger charge is -2.12. The van der Waals surface area contributed by atoms with Crippen LogP contribution in [-0.4, -0.2) is 23.6 Å². The summed E-state index contributed by atoms with van der Waals surface area (Å²) in [5, 5.41) is 11.4. The molecule has 0 saturated carbocycles. The maximum Gasteiger partial charge on any atom is 0.306 e. The van der Waals surface area contributed by atoms with Crippen molar-refractivity contribution < 1.29 is 19.4 Å². The second-order valence-electron chi connectivity index (χ2n) is 3.92. The number of para-hydroxylation sites is 2. The molecular weight excluding hydrogens is 234 g/mol. The molecule has 0 spiro atoms. The number of ether oxygens (including phenoxy) is 1. The van der Waals surface area contributed by atoms with Crippen molar-refractivity contribution in [1.29, 1.82) is 0 Å². The topological polar surface area (TPSA) is 75.6 Å². The number of carboxylic acid groups (broad SMARTS) is 1. The molecule has 0 aromatic heterocycles. The van der Waals surface area contributed by atoms with Gasteiger partial charge in [0.15, 0.2) is 0 Å². The van der Waals surface area contributed by atoms with E-state index in [0.717, 1.165) is 0 Å². The second-order valence-corrected chi connectivity index (χ2v) is 3.92. The van der Waals surface area contributed by atoms with E-state index in [1.54, 1.807) is 24.3 Å². The molecule has 0 aliphatic heterocycles. The Labute approximate surface area is 106 Å². The van der Waals surface area contributed by atoms with E-state index in [-0.39, 0.29) is 12.3 Å². The minimum Gasteiger partial charge on any atom is -0.492 e. The summed E-state index contributed by atoms with van der Waals surface area (Å²) in [6, 6.07) is 7.05. The number of anilines is 1. The van der Waals surface area contributed by atoms with Crippen LogP contribution in [-0.2, 0) is 9.59 Å². The van der Waals surface area contributed by atoms with Gasteiger partial charge in [-0.3, -0.25) is 9.59 Å². The van der Waals surface area contributed by atoms with Crippen molar-refractivity contribution in [2.45, 2.75) is 20.3 Å². The highest BCUT2D eigenvalue weighted by molar-refractivity contribution is 5.94. The second kappa shape index (κ2) is 6.64. The Kier molecular flexibility index (Phi) is 5.17. The SMILES string of the molecule is CCOc1ccccc1NC(=O)CC(C)C(=O)O. The molecule has 5 heteroatoms. The Morgan fingerprint density at radius 3 is 2.67 bits per heavy atom. The van der Waals surface area contributed by atoms with Gasteiger partial charge in [0, 0.05) is 6.42 Å². The van der Waals surface area contributed by atoms with Crippen LogP contribution in [0, 0.1) is 5.92 Å². The van der Waals surface area contributed by atoms with Gasteiger partial charge in [-0.2, -0.15) is 0 Å². The molecule has 2 N–H and O–H groups in total. The summed E-state index contributed by atoms with van der Waals surface area (Å²) in [7, 11) is 0. The van der Waals surface area contributed by atoms with E-state index in [2.05, 4.69) is 5.32 Å². The molecule has 1 unspecified atom stereocenters. The fraction of sp³-hybridized carbons (Fsp3) is 0.385. The van der Waals surface area contributed by atoms with Crippen molar-refractivity contribution in [1.82, 2.24) is 0 Å². The number of carbonyl (C=O) groups excluding carboxylic acids is 1. The number of nitrogens with one attached hydrogen (secondary N) is 1. The van der Waals surface area contributed by atoms with Gasteiger partial charge in [-0.25, -0.2) is 0 Å². The maximum absolute atomic E-state index is 11.7. The fourth-order valence-corrected chi connectivity index (χ4v) is 1.42. The first kappa shape index (κ1) is 14.0. The number of amides is 1. The third-order valence-corrected chi connectivity index (χ3v) is 2.37. The number of hydrogen-bond acceptors (Lipinski definition) is 3. The highest BCUT2D eigenvalue weighted by Crippen LogP contribution is 2.24. The fourth-order valence-electron chi connectivity index (χ4n) is 1.42. The molecule has 18 heavy (non-hydrogen) atoms. The van der Waals surface area contributed by atoms with Gasteiger partial charge in [-0.15, -0.1) is 0 Å². The molecule has 0 saturated heterocycles. The van der Waals surface area contributed by atoms with Crippen LogP contribution < -0.4 is 10.1 Å². The molecule has 0 radical (unpaired) electrons. The lowest BCUT2D eigenvalue weighted by molar-refractivity contribution is -0.142. The van der Waals surface area contributed by atoms with E-state index in [0.29, 0.717) is 18.0 Å². The Morgan fingerprint density at radius 1 is 1.39 bits per heavy atom. The molecule has 0 bridgehead atoms. The lowest BCUT2D eigenvalue weighted by atomic mass is 10.1. The summed E-state index contributed by atoms with van der Waals surface area (Å²) in [6.07, 6.45) is -0.0597. The molecule has 5 nitrogen and oxygen atoms in total. The van der Waals surface area contributed by atoms with E-state index in [1.807, 2.05) is 6.92 Å². The molecule has 0 heterocycles. The zero-order chi connectivity index (χ0) is 13.5. The maximum atomic E-state index is 11.7. The number of carboxylic acids is 1. The number of carbonyl (C=O) groups is 2. The largest absolute Gasteiger partial charge is 0.492 e. The van der Waals surface area contributed by atoms with Gasteiger partial charge < -0.3 is 15.2 Å². The van der Waals surface area contributed by atoms with Gasteiger partial charge in [0.25, 0.3) is 0 Å². The van der Waals surface area contributed by atoms with Crippen LogP contribution in [0.4, 0.5) is 5.69 Å². The standard InChI is InChI=1S/C13H17NO4/c1-3-18-11-7-5-4-6-10(11)14-12(15)8-9(2)13(16)17/h4-7,9H,3,8H2,1-2H3,(H,14,15)(H,16,17). The summed E-state index contributed by atoms with van der Waals surface area (Å²) >= 11 is 0. The monoisotopic (exact) mass is 251 g/mol. The van der Waals surface area contributed by atoms with Crippen LogP contribution in [0.5, 0.6) is 5.75 Å². The van der Waals surface area contributed by atoms with E-state index in [1.165, 1.54) is 6.92 Å². The Morgan fingerprint density at radius 2 is 2.06 bits per heavy atom. The number of hydrogen-bond donors (Lipinski definition) is 2. The zero-order valence-corrected chi connectivity index (χ0v) is 10.5. The summed E-state index contributed by atoms with van der Waals surface area (Å²) in [5.41, 5.74) is 0.557. The van der Waals surface area contributed by atoms with E-state index in [4.69, 9.17) is 9.84 Å². The minimum absolute atomic E-state index is 0.0597. The van der Waals surface area contributed by atoms with Gasteiger partial charge in [0.1, 0.15) is 5.75 Å². The molecule has 0 fully saturated rings. The first-order valence-corrected chi connectivity index (χ1v) is 5.79. The molecule has 98 valence electrons. The Bertz CT molecular complexity index is 431. The van der Waals surface area contributed by atoms with Crippen molar-refractivity contribution >= 4 is 17.6 Å². The molecule has 1 rings (SSSR count). The molecule has 1 atom stereocenters. The molecular formula is C13H17NO4. The molecule has 1 amide bonds. The smallest absolute Gasteiger partial charge is 0.306 e. The van der Waals surface area contributed by atoms with Crippen LogP contribution in [0.25, 0.3) is 0 Å². The Balaban J connectivity index is 2.66. The van der Waals surface area contributed by atoms with Crippen molar-refractivity contribution in [2.24, 2.45) is 5.92 Å². The van der Waals surface area contributed by atoms with Gasteiger partial charge in [0.05, 0.1) is 18.2 Å². The highest BCUT2D eigenvalue weighted by Gasteiger charge is 2.16. The van der Waals surface area contributed by atoms with Crippen molar-refractivity contribution in [3.8, 4) is 5.75 Å². The van der Waals surface area contributed by atoms with Gasteiger partial charge >= 0.3 is 5.97 Å². The van der Waals surface area contributed by atoms with Crippen LogP contribution in [0.1, 0.15) is 20.3 Å². The molecule has 1 aromatic carbocycles. The third kappa shape index (κ3) is 4.08. The van der Waals surface area contributed by atoms with Crippen LogP contribution in [0.2, 0.25) is 0 Å². The normalized spacial score (nSPS) is 11.7. The van der Waals surface area contributed by atoms with Crippen molar-refractivity contribution in [2.75, 3.05) is 11.9 Å². The van der Waals surface area contributed by atoms with Crippen LogP contribution in [0.3, 0.4) is 0 Å². The quantitative estimate of drug-likeness (QED) is 0.812. The van der Waals surface area contributed by atoms with Gasteiger partial charge in [-0.05, 0) is 19.1 Å². The lowest BCUT2D eigenvalue weighted by Crippen LogP contribution is -2.20. The number of rotatable bonds is 6. The number of benzene rings is 1. The zero-order valence-electron chi connectivity index (χ0n) is 10.5. The predicted octanol–water partition coefficient (Wildman–Crippen LogP) is 2.13. The van der Waals surface area contributed by atoms with Gasteiger partial charge in [-0.1, -0.05) is 19.1 Å². The summed E-state index contributed by atoms with van der Waals surface area (Å²) in [6.45, 7) is 3.85. The third-order valence-electron chi connectivity index (χ3n) is 2.37. The molecule has 1 aromatic rings. The predicted molar refractivity (Wildman–Crippen MR) is 67.7 cm³/mol. The Hall–Kier alpha value is -2.04. The van der Waals surface area contributed by atoms with Crippen LogP contribution >= 0.6 is 0 Å². The first-order valence-electron chi connectivity index (χ1n) is 5.79. The van der Waals surface area contributed by atoms with E-state index < -0.39 is 11.9 Å². The first-order chi connectivity index (χ1) is 8.54. The summed E-state index contributed by atoms with van der Waals surface area (Å²) in [5.74, 6) is -1.44. The molecule has 0 aliphatic rings. The molecule has 0 aliphatic carbocycles. The summed E-state index contributed by atoms with van der Waals surface area (Å²) in [4.78, 5) is 22.3. The summed E-state index contributed by atoms with van der Waals surface area (Å²) < 4.78 is 5.36. The van der Waals surface area contributed by atoms with Gasteiger partial charge in [0.2, 0.25) is 5.91 Å². The minimum atomic E-state index is -0.983. The number of aliphatic carboxylic acids is 1. The van der Waals surface area contributed by atoms with E-state index >= 15 is 0 Å². The highest BCUT2D eigenvalue weighted by atomic mass is 16.5. The van der Waals surface area contributed by atoms with Crippen molar-refractivity contribution in [3.63, 3.8) is 0 Å². The van der Waals surface area contributed by atoms with Crippen LogP contribution in [0.15, 0.2) is 24.3 Å².